The molecule has 24 heavy (non-hydrogen) atoms. The minimum Gasteiger partial charge on any atom is -0.356 e. The highest BCUT2D eigenvalue weighted by atomic mass is 127. The molecule has 3 N–H and O–H groups in total. The number of hydrogen-bond acceptors (Lipinski definition) is 3. The van der Waals surface area contributed by atoms with E-state index in [2.05, 4.69) is 53.5 Å². The molecule has 1 heterocycles. The van der Waals surface area contributed by atoms with Gasteiger partial charge in [-0.2, -0.15) is 0 Å². The van der Waals surface area contributed by atoms with Gasteiger partial charge in [0, 0.05) is 51.2 Å². The van der Waals surface area contributed by atoms with Gasteiger partial charge in [-0.25, -0.2) is 0 Å². The Morgan fingerprint density at radius 2 is 1.96 bits per heavy atom. The first-order valence-electron chi connectivity index (χ1n) is 8.87. The third-order valence-corrected chi connectivity index (χ3v) is 4.58. The van der Waals surface area contributed by atoms with Crippen LogP contribution in [0.25, 0.3) is 0 Å². The normalized spacial score (nSPS) is 22.9. The Bertz CT molecular complexity index is 402. The fourth-order valence-corrected chi connectivity index (χ4v) is 2.73. The second-order valence-electron chi connectivity index (χ2n) is 6.90. The van der Waals surface area contributed by atoms with Crippen molar-refractivity contribution < 1.29 is 4.79 Å². The Hall–Kier alpha value is -0.570. The molecule has 1 aliphatic heterocycles. The summed E-state index contributed by atoms with van der Waals surface area (Å²) in [5, 5.41) is 9.71. The van der Waals surface area contributed by atoms with Gasteiger partial charge in [0.2, 0.25) is 5.91 Å². The van der Waals surface area contributed by atoms with Gasteiger partial charge in [-0.05, 0) is 33.1 Å². The fourth-order valence-electron chi connectivity index (χ4n) is 2.73. The molecule has 1 rings (SSSR count). The third-order valence-electron chi connectivity index (χ3n) is 4.58. The standard InChI is InChI=1S/C17H35N5O.HI/c1-7-14(5)20-16(23)8-9-19-17(18-6)21-15-11-22(12(2)3)10-13(15)4;/h12-15H,7-11H2,1-6H3,(H,20,23)(H2,18,19,21);1H. The maximum absolute atomic E-state index is 11.8. The number of carbonyl (C=O) groups excluding carboxylic acids is 1. The van der Waals surface area contributed by atoms with E-state index in [1.165, 1.54) is 0 Å². The monoisotopic (exact) mass is 453 g/mol. The molecule has 0 aromatic carbocycles. The molecule has 142 valence electrons. The smallest absolute Gasteiger partial charge is 0.221 e. The zero-order valence-corrected chi connectivity index (χ0v) is 18.4. The number of nitrogens with zero attached hydrogens (tertiary/aromatic N) is 2. The minimum absolute atomic E-state index is 0. The van der Waals surface area contributed by atoms with Crippen molar-refractivity contribution in [1.82, 2.24) is 20.9 Å². The van der Waals surface area contributed by atoms with Crippen molar-refractivity contribution in [3.63, 3.8) is 0 Å². The molecular formula is C17H36IN5O. The van der Waals surface area contributed by atoms with Crippen LogP contribution in [0.1, 0.15) is 47.5 Å². The van der Waals surface area contributed by atoms with E-state index < -0.39 is 0 Å². The molecule has 0 saturated carbocycles. The fraction of sp³-hybridized carbons (Fsp3) is 0.882. The first kappa shape index (κ1) is 23.4. The van der Waals surface area contributed by atoms with E-state index in [0.717, 1.165) is 25.5 Å². The lowest BCUT2D eigenvalue weighted by molar-refractivity contribution is -0.121. The van der Waals surface area contributed by atoms with E-state index >= 15 is 0 Å². The molecule has 0 bridgehead atoms. The predicted molar refractivity (Wildman–Crippen MR) is 112 cm³/mol. The first-order chi connectivity index (χ1) is 10.9. The Balaban J connectivity index is 0.00000529. The predicted octanol–water partition coefficient (Wildman–Crippen LogP) is 1.80. The summed E-state index contributed by atoms with van der Waals surface area (Å²) in [5.41, 5.74) is 0. The van der Waals surface area contributed by atoms with E-state index in [0.29, 0.717) is 31.0 Å². The van der Waals surface area contributed by atoms with Crippen molar-refractivity contribution in [3.8, 4) is 0 Å². The van der Waals surface area contributed by atoms with Gasteiger partial charge in [-0.15, -0.1) is 24.0 Å². The van der Waals surface area contributed by atoms with Gasteiger partial charge in [-0.3, -0.25) is 14.7 Å². The maximum atomic E-state index is 11.8. The van der Waals surface area contributed by atoms with Gasteiger partial charge in [0.25, 0.3) is 0 Å². The molecule has 1 aliphatic rings. The molecule has 3 atom stereocenters. The number of nitrogens with one attached hydrogen (secondary N) is 3. The Morgan fingerprint density at radius 3 is 2.46 bits per heavy atom. The lowest BCUT2D eigenvalue weighted by Gasteiger charge is -2.22. The lowest BCUT2D eigenvalue weighted by atomic mass is 10.1. The van der Waals surface area contributed by atoms with Crippen molar-refractivity contribution in [3.05, 3.63) is 0 Å². The van der Waals surface area contributed by atoms with E-state index in [1.54, 1.807) is 7.05 Å². The van der Waals surface area contributed by atoms with Crippen molar-refractivity contribution in [2.75, 3.05) is 26.7 Å². The Labute approximate surface area is 164 Å². The van der Waals surface area contributed by atoms with Gasteiger partial charge in [0.1, 0.15) is 0 Å². The zero-order chi connectivity index (χ0) is 17.4. The molecule has 1 saturated heterocycles. The average molecular weight is 453 g/mol. The largest absolute Gasteiger partial charge is 0.356 e. The second kappa shape index (κ2) is 11.9. The molecule has 1 fully saturated rings. The average Bonchev–Trinajstić information content (AvgIpc) is 2.87. The van der Waals surface area contributed by atoms with Crippen molar-refractivity contribution in [1.29, 1.82) is 0 Å². The van der Waals surface area contributed by atoms with Crippen molar-refractivity contribution >= 4 is 35.8 Å². The quantitative estimate of drug-likeness (QED) is 0.313. The van der Waals surface area contributed by atoms with E-state index in [9.17, 15) is 4.79 Å². The van der Waals surface area contributed by atoms with Crippen LogP contribution < -0.4 is 16.0 Å². The number of likely N-dealkylation sites (tertiary alicyclic amines) is 1. The minimum atomic E-state index is 0. The van der Waals surface area contributed by atoms with Crippen LogP contribution in [0.5, 0.6) is 0 Å². The molecule has 0 spiro atoms. The van der Waals surface area contributed by atoms with Crippen LogP contribution in [-0.2, 0) is 4.79 Å². The zero-order valence-electron chi connectivity index (χ0n) is 16.1. The molecule has 0 aromatic heterocycles. The van der Waals surface area contributed by atoms with Gasteiger partial charge < -0.3 is 16.0 Å². The summed E-state index contributed by atoms with van der Waals surface area (Å²) in [6.45, 7) is 13.6. The number of halogens is 1. The van der Waals surface area contributed by atoms with Crippen molar-refractivity contribution in [2.45, 2.75) is 65.6 Å². The van der Waals surface area contributed by atoms with Gasteiger partial charge in [0.15, 0.2) is 5.96 Å². The summed E-state index contributed by atoms with van der Waals surface area (Å²) < 4.78 is 0. The Morgan fingerprint density at radius 1 is 1.29 bits per heavy atom. The third kappa shape index (κ3) is 8.00. The molecule has 7 heteroatoms. The molecular weight excluding hydrogens is 417 g/mol. The number of amides is 1. The summed E-state index contributed by atoms with van der Waals surface area (Å²) in [4.78, 5) is 18.5. The molecule has 0 radical (unpaired) electrons. The second-order valence-corrected chi connectivity index (χ2v) is 6.90. The number of hydrogen-bond donors (Lipinski definition) is 3. The Kier molecular flexibility index (Phi) is 11.6. The molecule has 0 aliphatic carbocycles. The first-order valence-corrected chi connectivity index (χ1v) is 8.87. The lowest BCUT2D eigenvalue weighted by Crippen LogP contribution is -2.47. The van der Waals surface area contributed by atoms with Crippen LogP contribution in [0.4, 0.5) is 0 Å². The van der Waals surface area contributed by atoms with Crippen LogP contribution in [0, 0.1) is 5.92 Å². The van der Waals surface area contributed by atoms with E-state index in [4.69, 9.17) is 0 Å². The van der Waals surface area contributed by atoms with Crippen LogP contribution in [0.2, 0.25) is 0 Å². The van der Waals surface area contributed by atoms with Gasteiger partial charge in [-0.1, -0.05) is 13.8 Å². The summed E-state index contributed by atoms with van der Waals surface area (Å²) in [5.74, 6) is 1.45. The van der Waals surface area contributed by atoms with Crippen molar-refractivity contribution in [2.24, 2.45) is 10.9 Å². The highest BCUT2D eigenvalue weighted by molar-refractivity contribution is 14.0. The summed E-state index contributed by atoms with van der Waals surface area (Å²) in [7, 11) is 1.77. The summed E-state index contributed by atoms with van der Waals surface area (Å²) in [6.07, 6.45) is 1.41. The molecule has 0 aromatic rings. The maximum Gasteiger partial charge on any atom is 0.221 e. The van der Waals surface area contributed by atoms with E-state index in [-0.39, 0.29) is 35.9 Å². The van der Waals surface area contributed by atoms with Gasteiger partial charge >= 0.3 is 0 Å². The SMILES string of the molecule is CCC(C)NC(=O)CCNC(=NC)NC1CN(C(C)C)CC1C.I. The van der Waals surface area contributed by atoms with Crippen LogP contribution in [0.3, 0.4) is 0 Å². The van der Waals surface area contributed by atoms with Gasteiger partial charge in [0.05, 0.1) is 0 Å². The number of aliphatic imine (C=N–C) groups is 1. The van der Waals surface area contributed by atoms with E-state index in [1.807, 2.05) is 6.92 Å². The molecule has 1 amide bonds. The highest BCUT2D eigenvalue weighted by Gasteiger charge is 2.31. The summed E-state index contributed by atoms with van der Waals surface area (Å²) in [6, 6.07) is 1.21. The van der Waals surface area contributed by atoms with Crippen LogP contribution in [-0.4, -0.2) is 61.6 Å². The summed E-state index contributed by atoms with van der Waals surface area (Å²) >= 11 is 0. The highest BCUT2D eigenvalue weighted by Crippen LogP contribution is 2.18. The topological polar surface area (TPSA) is 68.8 Å². The van der Waals surface area contributed by atoms with Crippen LogP contribution >= 0.6 is 24.0 Å². The molecule has 3 unspecified atom stereocenters. The van der Waals surface area contributed by atoms with Crippen LogP contribution in [0.15, 0.2) is 4.99 Å². The molecule has 6 nitrogen and oxygen atoms in total. The number of carbonyl (C=O) groups is 1. The number of rotatable bonds is 7. The number of guanidine groups is 1.